The Balaban J connectivity index is 1.68. The number of rotatable bonds is 3. The molecular formula is C11H20N2. The molecule has 3 rings (SSSR count). The maximum absolute atomic E-state index is 5.77. The lowest BCUT2D eigenvalue weighted by molar-refractivity contribution is 0.220. The van der Waals surface area contributed by atoms with E-state index in [2.05, 4.69) is 4.90 Å². The van der Waals surface area contributed by atoms with E-state index in [1.165, 1.54) is 38.6 Å². The van der Waals surface area contributed by atoms with Crippen LogP contribution in [0.2, 0.25) is 0 Å². The summed E-state index contributed by atoms with van der Waals surface area (Å²) in [6.45, 7) is 2.22. The van der Waals surface area contributed by atoms with Crippen LogP contribution in [0.15, 0.2) is 0 Å². The van der Waals surface area contributed by atoms with E-state index in [0.29, 0.717) is 0 Å². The van der Waals surface area contributed by atoms with Gasteiger partial charge >= 0.3 is 0 Å². The number of likely N-dealkylation sites (tertiary alicyclic amines) is 1. The summed E-state index contributed by atoms with van der Waals surface area (Å²) in [6, 6.07) is 1.89. The van der Waals surface area contributed by atoms with E-state index in [-0.39, 0.29) is 0 Å². The van der Waals surface area contributed by atoms with Crippen molar-refractivity contribution < 1.29 is 0 Å². The molecule has 1 saturated heterocycles. The van der Waals surface area contributed by atoms with Gasteiger partial charge in [-0.2, -0.15) is 0 Å². The molecule has 2 N–H and O–H groups in total. The van der Waals surface area contributed by atoms with Crippen molar-refractivity contribution in [2.75, 3.05) is 13.1 Å². The van der Waals surface area contributed by atoms with Gasteiger partial charge in [0, 0.05) is 18.6 Å². The van der Waals surface area contributed by atoms with Crippen molar-refractivity contribution in [3.05, 3.63) is 0 Å². The van der Waals surface area contributed by atoms with Gasteiger partial charge in [-0.3, -0.25) is 4.90 Å². The summed E-state index contributed by atoms with van der Waals surface area (Å²) in [5, 5.41) is 0. The molecule has 0 aromatic heterocycles. The third-order valence-corrected chi connectivity index (χ3v) is 3.99. The van der Waals surface area contributed by atoms with Gasteiger partial charge in [0.25, 0.3) is 0 Å². The summed E-state index contributed by atoms with van der Waals surface area (Å²) in [4.78, 5) is 2.79. The van der Waals surface area contributed by atoms with E-state index < -0.39 is 0 Å². The summed E-state index contributed by atoms with van der Waals surface area (Å²) in [5.41, 5.74) is 5.77. The van der Waals surface area contributed by atoms with Crippen LogP contribution in [0.5, 0.6) is 0 Å². The molecule has 2 atom stereocenters. The van der Waals surface area contributed by atoms with Crippen LogP contribution >= 0.6 is 0 Å². The number of hydrogen-bond donors (Lipinski definition) is 1. The standard InChI is InChI=1S/C11H20N2/c12-6-8-5-11(9-1-2-9)13(7-8)10-3-4-10/h8-11H,1-7,12H2. The first-order chi connectivity index (χ1) is 6.38. The lowest BCUT2D eigenvalue weighted by Crippen LogP contribution is -2.33. The SMILES string of the molecule is NCC1CC(C2CC2)N(C2CC2)C1. The molecular weight excluding hydrogens is 160 g/mol. The monoisotopic (exact) mass is 180 g/mol. The van der Waals surface area contributed by atoms with Crippen LogP contribution in [-0.4, -0.2) is 30.1 Å². The highest BCUT2D eigenvalue weighted by Crippen LogP contribution is 2.45. The summed E-state index contributed by atoms with van der Waals surface area (Å²) < 4.78 is 0. The highest BCUT2D eigenvalue weighted by molar-refractivity contribution is 5.00. The van der Waals surface area contributed by atoms with Crippen molar-refractivity contribution in [1.82, 2.24) is 4.90 Å². The minimum Gasteiger partial charge on any atom is -0.330 e. The van der Waals surface area contributed by atoms with Gasteiger partial charge in [0.05, 0.1) is 0 Å². The largest absolute Gasteiger partial charge is 0.330 e. The third kappa shape index (κ3) is 1.50. The molecule has 0 radical (unpaired) electrons. The molecule has 0 aromatic carbocycles. The van der Waals surface area contributed by atoms with Gasteiger partial charge in [-0.25, -0.2) is 0 Å². The van der Waals surface area contributed by atoms with Gasteiger partial charge < -0.3 is 5.73 Å². The van der Waals surface area contributed by atoms with Gasteiger partial charge in [0.15, 0.2) is 0 Å². The maximum Gasteiger partial charge on any atom is 0.0130 e. The highest BCUT2D eigenvalue weighted by Gasteiger charge is 2.46. The molecule has 2 aliphatic carbocycles. The summed E-state index contributed by atoms with van der Waals surface area (Å²) in [7, 11) is 0. The Kier molecular flexibility index (Phi) is 1.88. The molecule has 2 saturated carbocycles. The highest BCUT2D eigenvalue weighted by atomic mass is 15.2. The average Bonchev–Trinajstić information content (AvgIpc) is 3.02. The second kappa shape index (κ2) is 2.96. The first-order valence-corrected chi connectivity index (χ1v) is 5.84. The first kappa shape index (κ1) is 8.25. The van der Waals surface area contributed by atoms with E-state index in [9.17, 15) is 0 Å². The van der Waals surface area contributed by atoms with Gasteiger partial charge in [-0.15, -0.1) is 0 Å². The average molecular weight is 180 g/mol. The molecule has 74 valence electrons. The van der Waals surface area contributed by atoms with Crippen LogP contribution in [-0.2, 0) is 0 Å². The van der Waals surface area contributed by atoms with Crippen LogP contribution in [0, 0.1) is 11.8 Å². The lowest BCUT2D eigenvalue weighted by atomic mass is 10.0. The number of nitrogens with two attached hydrogens (primary N) is 1. The fourth-order valence-corrected chi connectivity index (χ4v) is 2.93. The second-order valence-corrected chi connectivity index (χ2v) is 5.17. The molecule has 13 heavy (non-hydrogen) atoms. The van der Waals surface area contributed by atoms with Crippen molar-refractivity contribution >= 4 is 0 Å². The maximum atomic E-state index is 5.77. The summed E-state index contributed by atoms with van der Waals surface area (Å²) >= 11 is 0. The smallest absolute Gasteiger partial charge is 0.0130 e. The second-order valence-electron chi connectivity index (χ2n) is 5.17. The predicted octanol–water partition coefficient (Wildman–Crippen LogP) is 1.21. The lowest BCUT2D eigenvalue weighted by Gasteiger charge is -2.23. The van der Waals surface area contributed by atoms with E-state index in [1.807, 2.05) is 0 Å². The molecule has 0 aromatic rings. The van der Waals surface area contributed by atoms with Crippen molar-refractivity contribution in [3.8, 4) is 0 Å². The van der Waals surface area contributed by atoms with Crippen molar-refractivity contribution in [3.63, 3.8) is 0 Å². The molecule has 0 bridgehead atoms. The van der Waals surface area contributed by atoms with Crippen molar-refractivity contribution in [2.45, 2.75) is 44.2 Å². The van der Waals surface area contributed by atoms with Crippen LogP contribution < -0.4 is 5.73 Å². The summed E-state index contributed by atoms with van der Waals surface area (Å²) in [5.74, 6) is 1.86. The Morgan fingerprint density at radius 1 is 1.15 bits per heavy atom. The topological polar surface area (TPSA) is 29.3 Å². The van der Waals surface area contributed by atoms with E-state index >= 15 is 0 Å². The van der Waals surface area contributed by atoms with Crippen LogP contribution in [0.25, 0.3) is 0 Å². The molecule has 2 nitrogen and oxygen atoms in total. The molecule has 2 heteroatoms. The van der Waals surface area contributed by atoms with Crippen molar-refractivity contribution in [2.24, 2.45) is 17.6 Å². The third-order valence-electron chi connectivity index (χ3n) is 3.99. The number of hydrogen-bond acceptors (Lipinski definition) is 2. The molecule has 1 heterocycles. The van der Waals surface area contributed by atoms with Crippen LogP contribution in [0.3, 0.4) is 0 Å². The van der Waals surface area contributed by atoms with Gasteiger partial charge in [0.1, 0.15) is 0 Å². The minimum absolute atomic E-state index is 0.811. The van der Waals surface area contributed by atoms with Gasteiger partial charge in [-0.05, 0) is 50.5 Å². The number of nitrogens with zero attached hydrogens (tertiary/aromatic N) is 1. The van der Waals surface area contributed by atoms with Crippen LogP contribution in [0.1, 0.15) is 32.1 Å². The first-order valence-electron chi connectivity index (χ1n) is 5.84. The zero-order valence-corrected chi connectivity index (χ0v) is 8.28. The van der Waals surface area contributed by atoms with Crippen molar-refractivity contribution in [1.29, 1.82) is 0 Å². The molecule has 3 fully saturated rings. The molecule has 0 spiro atoms. The predicted molar refractivity (Wildman–Crippen MR) is 53.4 cm³/mol. The minimum atomic E-state index is 0.811. The van der Waals surface area contributed by atoms with Gasteiger partial charge in [0.2, 0.25) is 0 Å². The Hall–Kier alpha value is -0.0800. The normalized spacial score (nSPS) is 41.3. The van der Waals surface area contributed by atoms with Gasteiger partial charge in [-0.1, -0.05) is 0 Å². The van der Waals surface area contributed by atoms with E-state index in [0.717, 1.165) is 30.5 Å². The molecule has 2 unspecified atom stereocenters. The summed E-state index contributed by atoms with van der Waals surface area (Å²) in [6.07, 6.45) is 7.30. The zero-order chi connectivity index (χ0) is 8.84. The fraction of sp³-hybridized carbons (Fsp3) is 1.00. The molecule has 0 amide bonds. The molecule has 3 aliphatic rings. The fourth-order valence-electron chi connectivity index (χ4n) is 2.93. The quantitative estimate of drug-likeness (QED) is 0.707. The zero-order valence-electron chi connectivity index (χ0n) is 8.28. The van der Waals surface area contributed by atoms with E-state index in [4.69, 9.17) is 5.73 Å². The Labute approximate surface area is 80.5 Å². The molecule has 1 aliphatic heterocycles. The Bertz CT molecular complexity index is 176. The Morgan fingerprint density at radius 3 is 2.46 bits per heavy atom. The Morgan fingerprint density at radius 2 is 1.92 bits per heavy atom. The van der Waals surface area contributed by atoms with Crippen LogP contribution in [0.4, 0.5) is 0 Å². The van der Waals surface area contributed by atoms with E-state index in [1.54, 1.807) is 0 Å².